The minimum absolute atomic E-state index is 0.0702. The molecule has 0 bridgehead atoms. The van der Waals surface area contributed by atoms with Gasteiger partial charge in [0, 0.05) is 16.6 Å². The fourth-order valence-electron chi connectivity index (χ4n) is 1.76. The van der Waals surface area contributed by atoms with E-state index in [1.54, 1.807) is 12.1 Å². The summed E-state index contributed by atoms with van der Waals surface area (Å²) in [6, 6.07) is 7.33. The van der Waals surface area contributed by atoms with E-state index in [9.17, 15) is 8.42 Å². The van der Waals surface area contributed by atoms with Crippen LogP contribution in [0.3, 0.4) is 0 Å². The molecule has 0 aliphatic heterocycles. The van der Waals surface area contributed by atoms with Crippen LogP contribution in [-0.2, 0) is 10.0 Å². The van der Waals surface area contributed by atoms with Gasteiger partial charge < -0.3 is 5.73 Å². The van der Waals surface area contributed by atoms with Gasteiger partial charge in [0.15, 0.2) is 5.13 Å². The average Bonchev–Trinajstić information content (AvgIpc) is 2.74. The number of nitrogens with two attached hydrogens (primary N) is 1. The van der Waals surface area contributed by atoms with Gasteiger partial charge in [0.1, 0.15) is 0 Å². The summed E-state index contributed by atoms with van der Waals surface area (Å²) in [6.07, 6.45) is 0. The monoisotopic (exact) mass is 311 g/mol. The highest BCUT2D eigenvalue weighted by atomic mass is 32.2. The highest BCUT2D eigenvalue weighted by Gasteiger charge is 2.15. The lowest BCUT2D eigenvalue weighted by Crippen LogP contribution is -2.19. The van der Waals surface area contributed by atoms with Crippen molar-refractivity contribution in [3.05, 3.63) is 29.6 Å². The third-order valence-electron chi connectivity index (χ3n) is 2.48. The van der Waals surface area contributed by atoms with Crippen LogP contribution in [-0.4, -0.2) is 19.2 Å². The van der Waals surface area contributed by atoms with Crippen molar-refractivity contribution in [2.45, 2.75) is 13.8 Å². The first-order valence-electron chi connectivity index (χ1n) is 6.17. The molecule has 0 aliphatic rings. The first-order valence-corrected chi connectivity index (χ1v) is 8.71. The van der Waals surface area contributed by atoms with E-state index in [1.807, 2.05) is 31.4 Å². The SMILES string of the molecule is CC(C)CS(=O)(=O)Nc1nc(-c2cccc(N)c2)cs1. The van der Waals surface area contributed by atoms with E-state index in [0.717, 1.165) is 5.56 Å². The number of benzene rings is 1. The number of nitrogens with one attached hydrogen (secondary N) is 1. The molecule has 0 fully saturated rings. The molecule has 20 heavy (non-hydrogen) atoms. The summed E-state index contributed by atoms with van der Waals surface area (Å²) in [6.45, 7) is 3.72. The Morgan fingerprint density at radius 1 is 1.40 bits per heavy atom. The molecule has 0 amide bonds. The molecule has 0 radical (unpaired) electrons. The second-order valence-corrected chi connectivity index (χ2v) is 7.57. The van der Waals surface area contributed by atoms with E-state index in [0.29, 0.717) is 16.5 Å². The largest absolute Gasteiger partial charge is 0.399 e. The molecule has 3 N–H and O–H groups in total. The van der Waals surface area contributed by atoms with Crippen molar-refractivity contribution < 1.29 is 8.42 Å². The number of thiazole rings is 1. The second-order valence-electron chi connectivity index (χ2n) is 4.94. The predicted molar refractivity (Wildman–Crippen MR) is 84.2 cm³/mol. The van der Waals surface area contributed by atoms with Crippen molar-refractivity contribution in [3.8, 4) is 11.3 Å². The maximum Gasteiger partial charge on any atom is 0.234 e. The molecule has 0 saturated carbocycles. The summed E-state index contributed by atoms with van der Waals surface area (Å²) in [5, 5.41) is 2.19. The van der Waals surface area contributed by atoms with Gasteiger partial charge in [-0.1, -0.05) is 26.0 Å². The maximum atomic E-state index is 11.8. The molecular weight excluding hydrogens is 294 g/mol. The lowest BCUT2D eigenvalue weighted by Gasteiger charge is -2.06. The first kappa shape index (κ1) is 14.8. The third-order valence-corrected chi connectivity index (χ3v) is 4.98. The molecule has 0 spiro atoms. The molecule has 0 unspecified atom stereocenters. The first-order chi connectivity index (χ1) is 9.35. The van der Waals surface area contributed by atoms with Crippen LogP contribution in [0.5, 0.6) is 0 Å². The van der Waals surface area contributed by atoms with E-state index < -0.39 is 10.0 Å². The fourth-order valence-corrected chi connectivity index (χ4v) is 4.17. The van der Waals surface area contributed by atoms with Crippen LogP contribution in [0.4, 0.5) is 10.8 Å². The molecule has 0 saturated heterocycles. The van der Waals surface area contributed by atoms with Crippen molar-refractivity contribution in [3.63, 3.8) is 0 Å². The Kier molecular flexibility index (Phi) is 4.29. The van der Waals surface area contributed by atoms with Gasteiger partial charge in [0.25, 0.3) is 0 Å². The van der Waals surface area contributed by atoms with Gasteiger partial charge in [-0.2, -0.15) is 0 Å². The molecular formula is C13H17N3O2S2. The van der Waals surface area contributed by atoms with Crippen LogP contribution in [0.2, 0.25) is 0 Å². The molecule has 1 aromatic carbocycles. The van der Waals surface area contributed by atoms with Crippen LogP contribution in [0, 0.1) is 5.92 Å². The Hall–Kier alpha value is -1.60. The smallest absolute Gasteiger partial charge is 0.234 e. The van der Waals surface area contributed by atoms with E-state index in [4.69, 9.17) is 5.73 Å². The zero-order valence-electron chi connectivity index (χ0n) is 11.3. The zero-order chi connectivity index (χ0) is 14.8. The number of nitrogens with zero attached hydrogens (tertiary/aromatic N) is 1. The number of anilines is 2. The van der Waals surface area contributed by atoms with Crippen LogP contribution >= 0.6 is 11.3 Å². The summed E-state index contributed by atoms with van der Waals surface area (Å²) in [7, 11) is -3.34. The van der Waals surface area contributed by atoms with Crippen LogP contribution in [0.1, 0.15) is 13.8 Å². The highest BCUT2D eigenvalue weighted by Crippen LogP contribution is 2.26. The van der Waals surface area contributed by atoms with Gasteiger partial charge >= 0.3 is 0 Å². The molecule has 0 aliphatic carbocycles. The van der Waals surface area contributed by atoms with Crippen molar-refractivity contribution in [1.82, 2.24) is 4.98 Å². The molecule has 1 heterocycles. The number of hydrogen-bond donors (Lipinski definition) is 2. The number of nitrogen functional groups attached to an aromatic ring is 1. The summed E-state index contributed by atoms with van der Waals surface area (Å²) in [5.41, 5.74) is 7.96. The molecule has 2 aromatic rings. The Labute approximate surface area is 122 Å². The molecule has 2 rings (SSSR count). The quantitative estimate of drug-likeness (QED) is 0.831. The normalized spacial score (nSPS) is 11.8. The Morgan fingerprint density at radius 3 is 2.80 bits per heavy atom. The lowest BCUT2D eigenvalue weighted by molar-refractivity contribution is 0.587. The molecule has 108 valence electrons. The summed E-state index contributed by atoms with van der Waals surface area (Å²) in [4.78, 5) is 4.29. The maximum absolute atomic E-state index is 11.8. The van der Waals surface area contributed by atoms with E-state index in [2.05, 4.69) is 9.71 Å². The van der Waals surface area contributed by atoms with Crippen molar-refractivity contribution >= 4 is 32.2 Å². The highest BCUT2D eigenvalue weighted by molar-refractivity contribution is 7.92. The van der Waals surface area contributed by atoms with Crippen molar-refractivity contribution in [2.24, 2.45) is 5.92 Å². The average molecular weight is 311 g/mol. The van der Waals surface area contributed by atoms with E-state index in [1.165, 1.54) is 11.3 Å². The number of sulfonamides is 1. The number of rotatable bonds is 5. The Morgan fingerprint density at radius 2 is 2.15 bits per heavy atom. The topological polar surface area (TPSA) is 85.1 Å². The number of hydrogen-bond acceptors (Lipinski definition) is 5. The van der Waals surface area contributed by atoms with Crippen LogP contribution < -0.4 is 10.5 Å². The summed E-state index contributed by atoms with van der Waals surface area (Å²) >= 11 is 1.26. The van der Waals surface area contributed by atoms with Crippen molar-refractivity contribution in [2.75, 3.05) is 16.2 Å². The van der Waals surface area contributed by atoms with Gasteiger partial charge in [0.05, 0.1) is 11.4 Å². The van der Waals surface area contributed by atoms with Crippen LogP contribution in [0.15, 0.2) is 29.6 Å². The lowest BCUT2D eigenvalue weighted by atomic mass is 10.1. The van der Waals surface area contributed by atoms with Crippen LogP contribution in [0.25, 0.3) is 11.3 Å². The van der Waals surface area contributed by atoms with Gasteiger partial charge in [-0.05, 0) is 18.1 Å². The Balaban J connectivity index is 2.18. The minimum Gasteiger partial charge on any atom is -0.399 e. The number of aromatic nitrogens is 1. The Bertz CT molecular complexity index is 693. The third kappa shape index (κ3) is 3.94. The molecule has 7 heteroatoms. The molecule has 5 nitrogen and oxygen atoms in total. The van der Waals surface area contributed by atoms with Gasteiger partial charge in [-0.3, -0.25) is 4.72 Å². The van der Waals surface area contributed by atoms with Gasteiger partial charge in [-0.25, -0.2) is 13.4 Å². The van der Waals surface area contributed by atoms with E-state index in [-0.39, 0.29) is 11.7 Å². The molecule has 0 atom stereocenters. The standard InChI is InChI=1S/C13H17N3O2S2/c1-9(2)8-20(17,18)16-13-15-12(7-19-13)10-4-3-5-11(14)6-10/h3-7,9H,8,14H2,1-2H3,(H,15,16). The van der Waals surface area contributed by atoms with Gasteiger partial charge in [-0.15, -0.1) is 11.3 Å². The predicted octanol–water partition coefficient (Wildman–Crippen LogP) is 2.79. The fraction of sp³-hybridized carbons (Fsp3) is 0.308. The second kappa shape index (κ2) is 5.80. The minimum atomic E-state index is -3.34. The summed E-state index contributed by atoms with van der Waals surface area (Å²) in [5.74, 6) is 0.154. The molecule has 1 aromatic heterocycles. The van der Waals surface area contributed by atoms with Crippen molar-refractivity contribution in [1.29, 1.82) is 0 Å². The zero-order valence-corrected chi connectivity index (χ0v) is 13.0. The van der Waals surface area contributed by atoms with Gasteiger partial charge in [0.2, 0.25) is 10.0 Å². The van der Waals surface area contributed by atoms with E-state index >= 15 is 0 Å². The summed E-state index contributed by atoms with van der Waals surface area (Å²) < 4.78 is 26.2.